The first-order valence-corrected chi connectivity index (χ1v) is 10.3. The molecule has 0 aliphatic heterocycles. The van der Waals surface area contributed by atoms with Gasteiger partial charge in [0.05, 0.1) is 20.7 Å². The van der Waals surface area contributed by atoms with Gasteiger partial charge in [0, 0.05) is 11.0 Å². The molecule has 0 radical (unpaired) electrons. The number of halogens is 1. The molecule has 18 heavy (non-hydrogen) atoms. The van der Waals surface area contributed by atoms with Crippen LogP contribution in [0.25, 0.3) is 0 Å². The maximum atomic E-state index is 12.2. The summed E-state index contributed by atoms with van der Waals surface area (Å²) in [5, 5.41) is 3.92. The molecule has 5 heteroatoms. The molecule has 0 saturated carbocycles. The Morgan fingerprint density at radius 3 is 2.44 bits per heavy atom. The minimum atomic E-state index is -1.68. The van der Waals surface area contributed by atoms with E-state index in [1.54, 1.807) is 7.11 Å². The largest absolute Gasteiger partial charge is 0.497 e. The number of carbonyl (C=O) groups excluding carboxylic acids is 1. The van der Waals surface area contributed by atoms with Gasteiger partial charge in [0.2, 0.25) is 0 Å². The Kier molecular flexibility index (Phi) is 4.98. The molecule has 1 aromatic carbocycles. The third-order valence-corrected chi connectivity index (χ3v) is 5.31. The Morgan fingerprint density at radius 1 is 1.39 bits per heavy atom. The molecule has 0 aliphatic rings. The molecule has 3 nitrogen and oxygen atoms in total. The van der Waals surface area contributed by atoms with Crippen molar-refractivity contribution < 1.29 is 9.53 Å². The van der Waals surface area contributed by atoms with Gasteiger partial charge in [-0.3, -0.25) is 4.79 Å². The third-order valence-electron chi connectivity index (χ3n) is 2.65. The molecule has 100 valence electrons. The van der Waals surface area contributed by atoms with Crippen molar-refractivity contribution in [1.29, 1.82) is 0 Å². The quantitative estimate of drug-likeness (QED) is 0.862. The minimum Gasteiger partial charge on any atom is -0.497 e. The van der Waals surface area contributed by atoms with Crippen molar-refractivity contribution in [3.63, 3.8) is 0 Å². The fraction of sp³-hybridized carbons (Fsp3) is 0.462. The second kappa shape index (κ2) is 5.89. The Bertz CT molecular complexity index is 455. The lowest BCUT2D eigenvalue weighted by molar-refractivity contribution is 0.0956. The summed E-state index contributed by atoms with van der Waals surface area (Å²) in [6.45, 7) is 9.16. The van der Waals surface area contributed by atoms with Gasteiger partial charge in [0.25, 0.3) is 5.91 Å². The molecule has 0 fully saturated rings. The SMILES string of the molecule is CCNC(=O)c1c(Br)ccc(OC)c1[Si](C)(C)C. The van der Waals surface area contributed by atoms with E-state index in [9.17, 15) is 4.79 Å². The number of ether oxygens (including phenoxy) is 1. The third kappa shape index (κ3) is 3.14. The van der Waals surface area contributed by atoms with Crippen LogP contribution in [0.2, 0.25) is 19.6 Å². The average molecular weight is 330 g/mol. The van der Waals surface area contributed by atoms with Gasteiger partial charge < -0.3 is 10.1 Å². The Balaban J connectivity index is 3.51. The van der Waals surface area contributed by atoms with Crippen LogP contribution in [0.5, 0.6) is 5.75 Å². The van der Waals surface area contributed by atoms with E-state index in [0.717, 1.165) is 21.0 Å². The predicted octanol–water partition coefficient (Wildman–Crippen LogP) is 2.75. The van der Waals surface area contributed by atoms with Crippen molar-refractivity contribution in [3.8, 4) is 5.75 Å². The molecule has 1 amide bonds. The standard InChI is InChI=1S/C13H20BrNO2Si/c1-6-15-13(16)11-9(14)7-8-10(17-2)12(11)18(3,4)5/h7-8H,6H2,1-5H3,(H,15,16). The van der Waals surface area contributed by atoms with E-state index in [4.69, 9.17) is 4.74 Å². The summed E-state index contributed by atoms with van der Waals surface area (Å²) >= 11 is 3.48. The zero-order valence-corrected chi connectivity index (χ0v) is 14.1. The number of benzene rings is 1. The van der Waals surface area contributed by atoms with Crippen molar-refractivity contribution in [2.75, 3.05) is 13.7 Å². The van der Waals surface area contributed by atoms with Crippen molar-refractivity contribution >= 4 is 35.1 Å². The topological polar surface area (TPSA) is 38.3 Å². The van der Waals surface area contributed by atoms with Crippen molar-refractivity contribution in [1.82, 2.24) is 5.32 Å². The Hall–Kier alpha value is -0.813. The van der Waals surface area contributed by atoms with Crippen LogP contribution in [0.1, 0.15) is 17.3 Å². The van der Waals surface area contributed by atoms with Crippen LogP contribution >= 0.6 is 15.9 Å². The highest BCUT2D eigenvalue weighted by atomic mass is 79.9. The minimum absolute atomic E-state index is 0.0410. The van der Waals surface area contributed by atoms with Crippen LogP contribution < -0.4 is 15.2 Å². The monoisotopic (exact) mass is 329 g/mol. The first kappa shape index (κ1) is 15.2. The summed E-state index contributed by atoms with van der Waals surface area (Å²) in [5.41, 5.74) is 0.718. The smallest absolute Gasteiger partial charge is 0.252 e. The predicted molar refractivity (Wildman–Crippen MR) is 81.7 cm³/mol. The van der Waals surface area contributed by atoms with E-state index in [1.165, 1.54) is 0 Å². The maximum Gasteiger partial charge on any atom is 0.252 e. The molecular weight excluding hydrogens is 310 g/mol. The lowest BCUT2D eigenvalue weighted by atomic mass is 10.2. The summed E-state index contributed by atoms with van der Waals surface area (Å²) in [5.74, 6) is 0.763. The van der Waals surface area contributed by atoms with Crippen molar-refractivity contribution in [2.45, 2.75) is 26.6 Å². The average Bonchev–Trinajstić information content (AvgIpc) is 2.27. The van der Waals surface area contributed by atoms with Gasteiger partial charge in [0.1, 0.15) is 5.75 Å². The number of carbonyl (C=O) groups is 1. The lowest BCUT2D eigenvalue weighted by Crippen LogP contribution is -2.44. The van der Waals surface area contributed by atoms with E-state index in [-0.39, 0.29) is 5.91 Å². The van der Waals surface area contributed by atoms with Crippen LogP contribution in [0, 0.1) is 0 Å². The molecule has 0 bridgehead atoms. The molecule has 0 saturated heterocycles. The van der Waals surface area contributed by atoms with Gasteiger partial charge in [-0.25, -0.2) is 0 Å². The first-order chi connectivity index (χ1) is 8.32. The summed E-state index contributed by atoms with van der Waals surface area (Å²) in [4.78, 5) is 12.2. The molecule has 0 heterocycles. The van der Waals surface area contributed by atoms with Crippen molar-refractivity contribution in [2.24, 2.45) is 0 Å². The molecule has 1 N–H and O–H groups in total. The van der Waals surface area contributed by atoms with E-state index in [1.807, 2.05) is 19.1 Å². The van der Waals surface area contributed by atoms with Crippen LogP contribution in [0.4, 0.5) is 0 Å². The van der Waals surface area contributed by atoms with Gasteiger partial charge in [-0.05, 0) is 40.2 Å². The summed E-state index contributed by atoms with van der Waals surface area (Å²) in [6.07, 6.45) is 0. The number of nitrogens with one attached hydrogen (secondary N) is 1. The molecular formula is C13H20BrNO2Si. The molecule has 0 atom stereocenters. The number of hydrogen-bond acceptors (Lipinski definition) is 2. The zero-order valence-electron chi connectivity index (χ0n) is 11.6. The molecule has 0 spiro atoms. The molecule has 0 unspecified atom stereocenters. The van der Waals surface area contributed by atoms with Gasteiger partial charge in [-0.1, -0.05) is 19.6 Å². The molecule has 0 aromatic heterocycles. The van der Waals surface area contributed by atoms with Gasteiger partial charge in [-0.15, -0.1) is 0 Å². The number of methoxy groups -OCH3 is 1. The van der Waals surface area contributed by atoms with Crippen LogP contribution in [-0.4, -0.2) is 27.6 Å². The second-order valence-electron chi connectivity index (χ2n) is 5.11. The zero-order chi connectivity index (χ0) is 13.9. The summed E-state index contributed by atoms with van der Waals surface area (Å²) in [7, 11) is -0.0352. The normalized spacial score (nSPS) is 11.2. The fourth-order valence-electron chi connectivity index (χ4n) is 1.94. The van der Waals surface area contributed by atoms with E-state index in [0.29, 0.717) is 6.54 Å². The van der Waals surface area contributed by atoms with Gasteiger partial charge >= 0.3 is 0 Å². The van der Waals surface area contributed by atoms with Gasteiger partial charge in [0.15, 0.2) is 0 Å². The van der Waals surface area contributed by atoms with Crippen LogP contribution in [0.3, 0.4) is 0 Å². The highest BCUT2D eigenvalue weighted by Gasteiger charge is 2.29. The maximum absolute atomic E-state index is 12.2. The summed E-state index contributed by atoms with van der Waals surface area (Å²) in [6, 6.07) is 3.79. The molecule has 1 aromatic rings. The fourth-order valence-corrected chi connectivity index (χ4v) is 4.56. The highest BCUT2D eigenvalue weighted by molar-refractivity contribution is 9.10. The summed E-state index contributed by atoms with van der Waals surface area (Å²) < 4.78 is 6.26. The molecule has 1 rings (SSSR count). The van der Waals surface area contributed by atoms with Gasteiger partial charge in [-0.2, -0.15) is 0 Å². The van der Waals surface area contributed by atoms with E-state index < -0.39 is 8.07 Å². The number of amides is 1. The number of hydrogen-bond donors (Lipinski definition) is 1. The first-order valence-electron chi connectivity index (χ1n) is 5.98. The Labute approximate surface area is 118 Å². The second-order valence-corrected chi connectivity index (χ2v) is 11.0. The Morgan fingerprint density at radius 2 is 2.00 bits per heavy atom. The lowest BCUT2D eigenvalue weighted by Gasteiger charge is -2.24. The van der Waals surface area contributed by atoms with E-state index >= 15 is 0 Å². The van der Waals surface area contributed by atoms with Crippen LogP contribution in [-0.2, 0) is 0 Å². The molecule has 0 aliphatic carbocycles. The van der Waals surface area contributed by atoms with Crippen molar-refractivity contribution in [3.05, 3.63) is 22.2 Å². The highest BCUT2D eigenvalue weighted by Crippen LogP contribution is 2.24. The van der Waals surface area contributed by atoms with Crippen LogP contribution in [0.15, 0.2) is 16.6 Å². The number of rotatable bonds is 4. The van der Waals surface area contributed by atoms with E-state index in [2.05, 4.69) is 40.9 Å².